The van der Waals surface area contributed by atoms with E-state index in [1.54, 1.807) is 11.7 Å². The molecular weight excluding hydrogens is 491 g/mol. The van der Waals surface area contributed by atoms with Gasteiger partial charge in [-0.25, -0.2) is 0 Å². The quantitative estimate of drug-likeness (QED) is 0.313. The monoisotopic (exact) mass is 516 g/mol. The van der Waals surface area contributed by atoms with E-state index in [0.717, 1.165) is 47.4 Å². The Kier molecular flexibility index (Phi) is 7.53. The number of methoxy groups -OCH3 is 1. The lowest BCUT2D eigenvalue weighted by Gasteiger charge is -2.30. The fraction of sp³-hybridized carbons (Fsp3) is 0.269. The molecule has 1 unspecified atom stereocenters. The average Bonchev–Trinajstić information content (AvgIpc) is 3.26. The van der Waals surface area contributed by atoms with E-state index >= 15 is 0 Å². The van der Waals surface area contributed by atoms with Crippen LogP contribution in [0.4, 0.5) is 0 Å². The minimum atomic E-state index is -0.0534. The minimum Gasteiger partial charge on any atom is -0.493 e. The molecule has 2 aromatic carbocycles. The smallest absolute Gasteiger partial charge is 0.273 e. The molecule has 34 heavy (non-hydrogen) atoms. The molecule has 0 spiro atoms. The van der Waals surface area contributed by atoms with Crippen molar-refractivity contribution in [2.75, 3.05) is 27.2 Å². The van der Waals surface area contributed by atoms with Gasteiger partial charge in [0.05, 0.1) is 12.8 Å². The van der Waals surface area contributed by atoms with Gasteiger partial charge in [-0.2, -0.15) is 0 Å². The molecule has 0 aliphatic carbocycles. The maximum absolute atomic E-state index is 13.3. The van der Waals surface area contributed by atoms with Crippen LogP contribution in [0, 0.1) is 0 Å². The molecule has 178 valence electrons. The van der Waals surface area contributed by atoms with Crippen molar-refractivity contribution in [1.29, 1.82) is 0 Å². The number of hydrogen-bond acceptors (Lipinski definition) is 5. The van der Waals surface area contributed by atoms with Crippen molar-refractivity contribution >= 4 is 45.4 Å². The zero-order valence-electron chi connectivity index (χ0n) is 19.0. The number of thiophene rings is 1. The minimum absolute atomic E-state index is 0. The number of pyridine rings is 1. The maximum atomic E-state index is 13.3. The first-order valence-corrected chi connectivity index (χ1v) is 12.2. The van der Waals surface area contributed by atoms with Gasteiger partial charge in [0.15, 0.2) is 11.5 Å². The van der Waals surface area contributed by atoms with Crippen molar-refractivity contribution < 1.29 is 9.47 Å². The van der Waals surface area contributed by atoms with Gasteiger partial charge in [0.25, 0.3) is 5.56 Å². The predicted octanol–water partition coefficient (Wildman–Crippen LogP) is 6.28. The van der Waals surface area contributed by atoms with E-state index in [4.69, 9.17) is 21.1 Å². The fourth-order valence-electron chi connectivity index (χ4n) is 4.29. The summed E-state index contributed by atoms with van der Waals surface area (Å²) in [5.74, 6) is 1.33. The van der Waals surface area contributed by atoms with Crippen LogP contribution >= 0.6 is 35.3 Å². The van der Waals surface area contributed by atoms with Crippen molar-refractivity contribution in [2.24, 2.45) is 0 Å². The van der Waals surface area contributed by atoms with Crippen molar-refractivity contribution in [3.05, 3.63) is 76.2 Å². The van der Waals surface area contributed by atoms with Gasteiger partial charge in [-0.3, -0.25) is 9.36 Å². The summed E-state index contributed by atoms with van der Waals surface area (Å²) in [5, 5.41) is 1.62. The molecule has 0 N–H and O–H groups in total. The molecule has 0 amide bonds. The zero-order valence-corrected chi connectivity index (χ0v) is 21.4. The van der Waals surface area contributed by atoms with Crippen molar-refractivity contribution in [2.45, 2.75) is 18.9 Å². The highest BCUT2D eigenvalue weighted by Gasteiger charge is 2.20. The van der Waals surface area contributed by atoms with Gasteiger partial charge in [-0.1, -0.05) is 23.7 Å². The first-order chi connectivity index (χ1) is 16.0. The molecular formula is C26H26Cl2N2O3S. The number of benzene rings is 2. The third kappa shape index (κ3) is 4.96. The highest BCUT2D eigenvalue weighted by atomic mass is 35.5. The van der Waals surface area contributed by atoms with E-state index in [-0.39, 0.29) is 24.1 Å². The lowest BCUT2D eigenvalue weighted by molar-refractivity contribution is 0.101. The summed E-state index contributed by atoms with van der Waals surface area (Å²) in [6.07, 6.45) is 4.10. The summed E-state index contributed by atoms with van der Waals surface area (Å²) in [6, 6.07) is 17.4. The van der Waals surface area contributed by atoms with Gasteiger partial charge in [-0.15, -0.1) is 23.7 Å². The van der Waals surface area contributed by atoms with Crippen LogP contribution in [0.1, 0.15) is 12.8 Å². The second-order valence-corrected chi connectivity index (χ2v) is 9.86. The topological polar surface area (TPSA) is 43.7 Å². The van der Waals surface area contributed by atoms with Gasteiger partial charge >= 0.3 is 0 Å². The number of aromatic nitrogens is 1. The third-order valence-electron chi connectivity index (χ3n) is 6.01. The van der Waals surface area contributed by atoms with E-state index in [0.29, 0.717) is 21.2 Å². The molecule has 3 heterocycles. The Morgan fingerprint density at radius 2 is 1.85 bits per heavy atom. The molecule has 1 aliphatic heterocycles. The second-order valence-electron chi connectivity index (χ2n) is 8.37. The first kappa shape index (κ1) is 24.6. The summed E-state index contributed by atoms with van der Waals surface area (Å²) >= 11 is 7.51. The van der Waals surface area contributed by atoms with E-state index in [2.05, 4.69) is 11.9 Å². The van der Waals surface area contributed by atoms with Crippen LogP contribution in [0.5, 0.6) is 11.5 Å². The number of rotatable bonds is 5. The van der Waals surface area contributed by atoms with Crippen LogP contribution in [0.15, 0.2) is 65.6 Å². The van der Waals surface area contributed by atoms with Gasteiger partial charge in [-0.05, 0) is 68.4 Å². The number of likely N-dealkylation sites (tertiary alicyclic amines) is 1. The third-order valence-corrected chi connectivity index (χ3v) is 7.45. The number of halogens is 2. The molecule has 1 aliphatic rings. The summed E-state index contributed by atoms with van der Waals surface area (Å²) in [5.41, 5.74) is 1.73. The molecule has 1 fully saturated rings. The molecule has 4 aromatic rings. The largest absolute Gasteiger partial charge is 0.493 e. The first-order valence-electron chi connectivity index (χ1n) is 11.0. The summed E-state index contributed by atoms with van der Waals surface area (Å²) in [7, 11) is 3.74. The fourth-order valence-corrected chi connectivity index (χ4v) is 5.50. The SMILES string of the molecule is COc1cc(-n2ccc3cc(-c4ccc(Cl)cc4)sc3c2=O)ccc1OC1CCCN(C)C1.Cl. The highest BCUT2D eigenvalue weighted by molar-refractivity contribution is 7.22. The summed E-state index contributed by atoms with van der Waals surface area (Å²) in [6.45, 7) is 2.00. The van der Waals surface area contributed by atoms with Crippen molar-refractivity contribution in [3.8, 4) is 27.6 Å². The molecule has 0 saturated carbocycles. The number of nitrogens with zero attached hydrogens (tertiary/aromatic N) is 2. The Hall–Kier alpha value is -2.51. The van der Waals surface area contributed by atoms with Crippen LogP contribution < -0.4 is 15.0 Å². The highest BCUT2D eigenvalue weighted by Crippen LogP contribution is 2.34. The van der Waals surface area contributed by atoms with E-state index in [1.165, 1.54) is 11.3 Å². The molecule has 8 heteroatoms. The molecule has 0 radical (unpaired) electrons. The van der Waals surface area contributed by atoms with E-state index < -0.39 is 0 Å². The summed E-state index contributed by atoms with van der Waals surface area (Å²) < 4.78 is 14.2. The molecule has 1 atom stereocenters. The van der Waals surface area contributed by atoms with E-state index in [9.17, 15) is 4.79 Å². The molecule has 2 aromatic heterocycles. The zero-order chi connectivity index (χ0) is 22.9. The Balaban J connectivity index is 0.00000274. The molecule has 5 nitrogen and oxygen atoms in total. The Morgan fingerprint density at radius 1 is 1.06 bits per heavy atom. The maximum Gasteiger partial charge on any atom is 0.273 e. The van der Waals surface area contributed by atoms with Crippen LogP contribution in [0.3, 0.4) is 0 Å². The Labute approximate surface area is 213 Å². The van der Waals surface area contributed by atoms with Crippen LogP contribution in [-0.4, -0.2) is 42.8 Å². The van der Waals surface area contributed by atoms with Gasteiger partial charge in [0, 0.05) is 34.1 Å². The molecule has 5 rings (SSSR count). The van der Waals surface area contributed by atoms with Gasteiger partial charge in [0.1, 0.15) is 10.8 Å². The summed E-state index contributed by atoms with van der Waals surface area (Å²) in [4.78, 5) is 16.7. The lowest BCUT2D eigenvalue weighted by atomic mass is 10.1. The standard InChI is InChI=1S/C26H25ClN2O3S.ClH/c1-28-12-3-4-21(16-28)32-22-10-9-20(15-23(22)31-2)29-13-11-18-14-24(33-25(18)26(29)30)17-5-7-19(27)8-6-17;/h5-11,13-15,21H,3-4,12,16H2,1-2H3;1H. The number of piperidine rings is 1. The van der Waals surface area contributed by atoms with Crippen LogP contribution in [0.25, 0.3) is 26.2 Å². The molecule has 0 bridgehead atoms. The Bertz CT molecular complexity index is 1350. The number of likely N-dealkylation sites (N-methyl/N-ethyl adjacent to an activating group) is 1. The van der Waals surface area contributed by atoms with Crippen LogP contribution in [0.2, 0.25) is 5.02 Å². The van der Waals surface area contributed by atoms with Crippen molar-refractivity contribution in [1.82, 2.24) is 9.47 Å². The van der Waals surface area contributed by atoms with Gasteiger partial charge < -0.3 is 14.4 Å². The average molecular weight is 517 g/mol. The van der Waals surface area contributed by atoms with Gasteiger partial charge in [0.2, 0.25) is 0 Å². The van der Waals surface area contributed by atoms with Crippen molar-refractivity contribution in [3.63, 3.8) is 0 Å². The predicted molar refractivity (Wildman–Crippen MR) is 143 cm³/mol. The normalized spacial score (nSPS) is 16.3. The Morgan fingerprint density at radius 3 is 2.59 bits per heavy atom. The number of hydrogen-bond donors (Lipinski definition) is 0. The number of ether oxygens (including phenoxy) is 2. The number of fused-ring (bicyclic) bond motifs is 1. The molecule has 1 saturated heterocycles. The second kappa shape index (κ2) is 10.4. The van der Waals surface area contributed by atoms with E-state index in [1.807, 2.05) is 60.8 Å². The lowest BCUT2D eigenvalue weighted by Crippen LogP contribution is -2.38. The van der Waals surface area contributed by atoms with Crippen LogP contribution in [-0.2, 0) is 0 Å².